The van der Waals surface area contributed by atoms with Gasteiger partial charge in [0.1, 0.15) is 0 Å². The lowest BCUT2D eigenvalue weighted by Gasteiger charge is -2.22. The smallest absolute Gasteiger partial charge is 0.0202 e. The molecule has 0 heterocycles. The van der Waals surface area contributed by atoms with E-state index in [1.807, 2.05) is 0 Å². The molecule has 2 aliphatic rings. The summed E-state index contributed by atoms with van der Waals surface area (Å²) in [6.07, 6.45) is 13.7. The maximum absolute atomic E-state index is 2.55. The third kappa shape index (κ3) is 2.21. The van der Waals surface area contributed by atoms with Crippen LogP contribution in [0.15, 0.2) is 12.2 Å². The summed E-state index contributed by atoms with van der Waals surface area (Å²) in [5.74, 6) is 4.01. The highest BCUT2D eigenvalue weighted by atomic mass is 14.5. The van der Waals surface area contributed by atoms with Gasteiger partial charge in [-0.3, -0.25) is 0 Å². The maximum Gasteiger partial charge on any atom is -0.0202 e. The van der Waals surface area contributed by atoms with Crippen LogP contribution >= 0.6 is 0 Å². The molecule has 0 bridgehead atoms. The van der Waals surface area contributed by atoms with Gasteiger partial charge in [0.2, 0.25) is 0 Å². The zero-order valence-corrected chi connectivity index (χ0v) is 9.71. The molecule has 2 rings (SSSR count). The predicted molar refractivity (Wildman–Crippen MR) is 62.2 cm³/mol. The molecule has 80 valence electrons. The molecule has 0 spiro atoms. The van der Waals surface area contributed by atoms with E-state index in [2.05, 4.69) is 26.0 Å². The third-order valence-electron chi connectivity index (χ3n) is 4.21. The second kappa shape index (κ2) is 4.51. The van der Waals surface area contributed by atoms with E-state index in [0.717, 1.165) is 23.7 Å². The largest absolute Gasteiger partial charge is 0.0851 e. The van der Waals surface area contributed by atoms with Crippen molar-refractivity contribution < 1.29 is 0 Å². The molecule has 4 atom stereocenters. The van der Waals surface area contributed by atoms with Crippen LogP contribution in [0.25, 0.3) is 0 Å². The van der Waals surface area contributed by atoms with Crippen molar-refractivity contribution in [3.05, 3.63) is 12.2 Å². The average Bonchev–Trinajstić information content (AvgIpc) is 2.99. The van der Waals surface area contributed by atoms with Crippen LogP contribution in [0.2, 0.25) is 0 Å². The number of hydrogen-bond donors (Lipinski definition) is 0. The fourth-order valence-electron chi connectivity index (χ4n) is 3.13. The topological polar surface area (TPSA) is 0 Å². The zero-order chi connectivity index (χ0) is 9.97. The van der Waals surface area contributed by atoms with Crippen LogP contribution in [0.5, 0.6) is 0 Å². The first-order valence-corrected chi connectivity index (χ1v) is 6.53. The molecule has 0 nitrogen and oxygen atoms in total. The Morgan fingerprint density at radius 3 is 2.50 bits per heavy atom. The van der Waals surface area contributed by atoms with Gasteiger partial charge in [0.05, 0.1) is 0 Å². The minimum Gasteiger partial charge on any atom is -0.0851 e. The summed E-state index contributed by atoms with van der Waals surface area (Å²) in [7, 11) is 0. The van der Waals surface area contributed by atoms with Gasteiger partial charge < -0.3 is 0 Å². The van der Waals surface area contributed by atoms with Crippen molar-refractivity contribution in [3.63, 3.8) is 0 Å². The van der Waals surface area contributed by atoms with E-state index in [0.29, 0.717) is 0 Å². The molecule has 0 heteroatoms. The van der Waals surface area contributed by atoms with E-state index < -0.39 is 0 Å². The van der Waals surface area contributed by atoms with Crippen molar-refractivity contribution >= 4 is 0 Å². The lowest BCUT2D eigenvalue weighted by Crippen LogP contribution is -2.10. The molecule has 2 aliphatic carbocycles. The van der Waals surface area contributed by atoms with Gasteiger partial charge in [-0.05, 0) is 49.4 Å². The molecule has 0 aliphatic heterocycles. The van der Waals surface area contributed by atoms with Gasteiger partial charge in [-0.15, -0.1) is 0 Å². The van der Waals surface area contributed by atoms with Gasteiger partial charge >= 0.3 is 0 Å². The summed E-state index contributed by atoms with van der Waals surface area (Å²) in [5, 5.41) is 0. The van der Waals surface area contributed by atoms with Crippen molar-refractivity contribution in [1.82, 2.24) is 0 Å². The number of hydrogen-bond acceptors (Lipinski definition) is 0. The molecule has 0 N–H and O–H groups in total. The maximum atomic E-state index is 2.55. The third-order valence-corrected chi connectivity index (χ3v) is 4.21. The Morgan fingerprint density at radius 1 is 1.14 bits per heavy atom. The minimum absolute atomic E-state index is 0.912. The minimum atomic E-state index is 0.912. The fraction of sp³-hybridized carbons (Fsp3) is 0.857. The van der Waals surface area contributed by atoms with Gasteiger partial charge in [-0.2, -0.15) is 0 Å². The first kappa shape index (κ1) is 10.3. The summed E-state index contributed by atoms with van der Waals surface area (Å²) < 4.78 is 0. The fourth-order valence-corrected chi connectivity index (χ4v) is 3.13. The Morgan fingerprint density at radius 2 is 2.00 bits per heavy atom. The van der Waals surface area contributed by atoms with Crippen molar-refractivity contribution in [2.75, 3.05) is 0 Å². The highest BCUT2D eigenvalue weighted by molar-refractivity contribution is 5.05. The van der Waals surface area contributed by atoms with E-state index in [1.54, 1.807) is 0 Å². The quantitative estimate of drug-likeness (QED) is 0.579. The summed E-state index contributed by atoms with van der Waals surface area (Å²) in [6.45, 7) is 4.64. The lowest BCUT2D eigenvalue weighted by molar-refractivity contribution is 0.392. The normalized spacial score (nSPS) is 41.3. The van der Waals surface area contributed by atoms with Crippen molar-refractivity contribution in [1.29, 1.82) is 0 Å². The van der Waals surface area contributed by atoms with E-state index in [9.17, 15) is 0 Å². The monoisotopic (exact) mass is 192 g/mol. The van der Waals surface area contributed by atoms with Crippen molar-refractivity contribution in [2.45, 2.75) is 52.4 Å². The molecule has 0 amide bonds. The second-order valence-electron chi connectivity index (χ2n) is 5.24. The second-order valence-corrected chi connectivity index (χ2v) is 5.24. The van der Waals surface area contributed by atoms with Crippen LogP contribution in [0.4, 0.5) is 0 Å². The van der Waals surface area contributed by atoms with Crippen LogP contribution in [0.3, 0.4) is 0 Å². The van der Waals surface area contributed by atoms with E-state index >= 15 is 0 Å². The molecule has 14 heavy (non-hydrogen) atoms. The molecule has 0 radical (unpaired) electrons. The summed E-state index contributed by atoms with van der Waals surface area (Å²) in [6, 6.07) is 0. The highest BCUT2D eigenvalue weighted by Gasteiger charge is 2.40. The zero-order valence-electron chi connectivity index (χ0n) is 9.71. The SMILES string of the molecule is CCCC1C=CC(C2CC2CC)CC1. The van der Waals surface area contributed by atoms with Crippen LogP contribution < -0.4 is 0 Å². The first-order chi connectivity index (χ1) is 6.85. The lowest BCUT2D eigenvalue weighted by atomic mass is 9.83. The van der Waals surface area contributed by atoms with Gasteiger partial charge in [-0.25, -0.2) is 0 Å². The Bertz CT molecular complexity index is 204. The molecular weight excluding hydrogens is 168 g/mol. The summed E-state index contributed by atoms with van der Waals surface area (Å²) >= 11 is 0. The van der Waals surface area contributed by atoms with Crippen LogP contribution in [0, 0.1) is 23.7 Å². The molecule has 0 aromatic carbocycles. The van der Waals surface area contributed by atoms with Gasteiger partial charge in [-0.1, -0.05) is 38.8 Å². The Hall–Kier alpha value is -0.260. The Kier molecular flexibility index (Phi) is 3.30. The van der Waals surface area contributed by atoms with Gasteiger partial charge in [0.15, 0.2) is 0 Å². The van der Waals surface area contributed by atoms with E-state index in [-0.39, 0.29) is 0 Å². The molecule has 4 unspecified atom stereocenters. The van der Waals surface area contributed by atoms with Crippen LogP contribution in [-0.2, 0) is 0 Å². The van der Waals surface area contributed by atoms with Crippen LogP contribution in [-0.4, -0.2) is 0 Å². The average molecular weight is 192 g/mol. The molecule has 0 aromatic rings. The Balaban J connectivity index is 1.79. The predicted octanol–water partition coefficient (Wildman–Crippen LogP) is 4.42. The standard InChI is InChI=1S/C14H24/c1-3-5-11-6-8-13(9-7-11)14-10-12(14)4-2/h6,8,11-14H,3-5,7,9-10H2,1-2H3. The molecule has 1 fully saturated rings. The molecular formula is C14H24. The molecule has 1 saturated carbocycles. The Labute approximate surface area is 88.8 Å². The van der Waals surface area contributed by atoms with Crippen molar-refractivity contribution in [3.8, 4) is 0 Å². The van der Waals surface area contributed by atoms with Gasteiger partial charge in [0.25, 0.3) is 0 Å². The van der Waals surface area contributed by atoms with Crippen LogP contribution in [0.1, 0.15) is 52.4 Å². The van der Waals surface area contributed by atoms with E-state index in [4.69, 9.17) is 0 Å². The van der Waals surface area contributed by atoms with E-state index in [1.165, 1.54) is 38.5 Å². The number of rotatable bonds is 4. The first-order valence-electron chi connectivity index (χ1n) is 6.53. The van der Waals surface area contributed by atoms with Crippen molar-refractivity contribution in [2.24, 2.45) is 23.7 Å². The summed E-state index contributed by atoms with van der Waals surface area (Å²) in [5.41, 5.74) is 0. The summed E-state index contributed by atoms with van der Waals surface area (Å²) in [4.78, 5) is 0. The molecule has 0 saturated heterocycles. The molecule has 0 aromatic heterocycles. The highest BCUT2D eigenvalue weighted by Crippen LogP contribution is 2.49. The number of allylic oxidation sites excluding steroid dienone is 2. The van der Waals surface area contributed by atoms with Gasteiger partial charge in [0, 0.05) is 0 Å².